The summed E-state index contributed by atoms with van der Waals surface area (Å²) >= 11 is 0. The first-order valence-corrected chi connectivity index (χ1v) is 14.1. The van der Waals surface area contributed by atoms with E-state index < -0.39 is 34.3 Å². The molecular formula is C27H38FN3O4S. The molecule has 0 radical (unpaired) electrons. The van der Waals surface area contributed by atoms with Gasteiger partial charge in [-0.25, -0.2) is 12.8 Å². The molecule has 7 nitrogen and oxygen atoms in total. The Hall–Kier alpha value is -2.94. The Labute approximate surface area is 214 Å². The molecule has 0 fully saturated rings. The topological polar surface area (TPSA) is 86.8 Å². The van der Waals surface area contributed by atoms with Crippen LogP contribution in [0.3, 0.4) is 0 Å². The SMILES string of the molecule is CC[C@@H](C)NC(=O)[C@H](CC)N(Cc1ccc(F)cc1)C(=O)CN(c1ccc(C(C)C)cc1)S(C)(=O)=O. The number of anilines is 1. The summed E-state index contributed by atoms with van der Waals surface area (Å²) in [6.07, 6.45) is 2.10. The fourth-order valence-corrected chi connectivity index (χ4v) is 4.64. The number of amides is 2. The molecule has 0 saturated heterocycles. The average molecular weight is 520 g/mol. The average Bonchev–Trinajstić information content (AvgIpc) is 2.82. The normalized spacial score (nSPS) is 13.2. The number of hydrogen-bond donors (Lipinski definition) is 1. The van der Waals surface area contributed by atoms with Crippen LogP contribution < -0.4 is 9.62 Å². The third-order valence-corrected chi connectivity index (χ3v) is 7.32. The Morgan fingerprint density at radius 2 is 1.53 bits per heavy atom. The Kier molecular flexibility index (Phi) is 10.5. The number of halogens is 1. The molecule has 0 aliphatic rings. The molecule has 0 spiro atoms. The van der Waals surface area contributed by atoms with Crippen molar-refractivity contribution in [3.05, 3.63) is 65.5 Å². The van der Waals surface area contributed by atoms with Gasteiger partial charge in [0.15, 0.2) is 0 Å². The molecule has 0 aliphatic heterocycles. The van der Waals surface area contributed by atoms with E-state index in [9.17, 15) is 22.4 Å². The molecule has 0 bridgehead atoms. The zero-order valence-corrected chi connectivity index (χ0v) is 22.8. The monoisotopic (exact) mass is 519 g/mol. The van der Waals surface area contributed by atoms with E-state index in [2.05, 4.69) is 5.32 Å². The van der Waals surface area contributed by atoms with Crippen molar-refractivity contribution in [3.8, 4) is 0 Å². The van der Waals surface area contributed by atoms with Gasteiger partial charge in [0.1, 0.15) is 18.4 Å². The molecule has 2 atom stereocenters. The summed E-state index contributed by atoms with van der Waals surface area (Å²) in [5.74, 6) is -0.975. The minimum atomic E-state index is -3.80. The van der Waals surface area contributed by atoms with Crippen LogP contribution in [0.2, 0.25) is 0 Å². The number of rotatable bonds is 12. The second-order valence-electron chi connectivity index (χ2n) is 9.41. The van der Waals surface area contributed by atoms with Gasteiger partial charge >= 0.3 is 0 Å². The van der Waals surface area contributed by atoms with Crippen LogP contribution in [-0.4, -0.2) is 50.0 Å². The maximum atomic E-state index is 13.6. The lowest BCUT2D eigenvalue weighted by Gasteiger charge is -2.33. The molecule has 0 aromatic heterocycles. The van der Waals surface area contributed by atoms with Crippen LogP contribution in [0.1, 0.15) is 64.5 Å². The summed E-state index contributed by atoms with van der Waals surface area (Å²) in [6.45, 7) is 9.27. The van der Waals surface area contributed by atoms with Crippen LogP contribution >= 0.6 is 0 Å². The largest absolute Gasteiger partial charge is 0.352 e. The maximum Gasteiger partial charge on any atom is 0.244 e. The lowest BCUT2D eigenvalue weighted by molar-refractivity contribution is -0.140. The Balaban J connectivity index is 2.42. The summed E-state index contributed by atoms with van der Waals surface area (Å²) in [4.78, 5) is 28.1. The van der Waals surface area contributed by atoms with Crippen LogP contribution in [0.25, 0.3) is 0 Å². The van der Waals surface area contributed by atoms with Gasteiger partial charge < -0.3 is 10.2 Å². The van der Waals surface area contributed by atoms with Crippen LogP contribution in [0.4, 0.5) is 10.1 Å². The smallest absolute Gasteiger partial charge is 0.244 e. The first kappa shape index (κ1) is 29.3. The maximum absolute atomic E-state index is 13.6. The van der Waals surface area contributed by atoms with Gasteiger partial charge in [-0.1, -0.05) is 52.0 Å². The highest BCUT2D eigenvalue weighted by atomic mass is 32.2. The summed E-state index contributed by atoms with van der Waals surface area (Å²) in [6, 6.07) is 11.8. The molecule has 0 aliphatic carbocycles. The van der Waals surface area contributed by atoms with Crippen molar-refractivity contribution in [3.63, 3.8) is 0 Å². The van der Waals surface area contributed by atoms with Crippen molar-refractivity contribution in [2.45, 2.75) is 72.0 Å². The van der Waals surface area contributed by atoms with Crippen molar-refractivity contribution in [2.75, 3.05) is 17.1 Å². The molecule has 0 heterocycles. The molecule has 198 valence electrons. The van der Waals surface area contributed by atoms with Gasteiger partial charge in [0, 0.05) is 12.6 Å². The van der Waals surface area contributed by atoms with Gasteiger partial charge in [0.25, 0.3) is 0 Å². The molecule has 1 N–H and O–H groups in total. The number of carbonyl (C=O) groups excluding carboxylic acids is 2. The van der Waals surface area contributed by atoms with E-state index in [-0.39, 0.29) is 24.4 Å². The zero-order valence-electron chi connectivity index (χ0n) is 22.0. The number of benzene rings is 2. The summed E-state index contributed by atoms with van der Waals surface area (Å²) in [5, 5.41) is 2.92. The molecule has 0 saturated carbocycles. The van der Waals surface area contributed by atoms with E-state index in [1.54, 1.807) is 31.2 Å². The second-order valence-corrected chi connectivity index (χ2v) is 11.3. The number of hydrogen-bond acceptors (Lipinski definition) is 4. The number of carbonyl (C=O) groups is 2. The Morgan fingerprint density at radius 3 is 2.00 bits per heavy atom. The third-order valence-electron chi connectivity index (χ3n) is 6.18. The summed E-state index contributed by atoms with van der Waals surface area (Å²) in [5.41, 5.74) is 2.05. The third kappa shape index (κ3) is 8.05. The van der Waals surface area contributed by atoms with Gasteiger partial charge in [-0.2, -0.15) is 0 Å². The van der Waals surface area contributed by atoms with Crippen LogP contribution in [-0.2, 0) is 26.2 Å². The molecule has 2 aromatic rings. The highest BCUT2D eigenvalue weighted by Gasteiger charge is 2.32. The molecular weight excluding hydrogens is 481 g/mol. The van der Waals surface area contributed by atoms with Gasteiger partial charge in [-0.05, 0) is 61.1 Å². The molecule has 0 unspecified atom stereocenters. The van der Waals surface area contributed by atoms with Gasteiger partial charge in [0.2, 0.25) is 21.8 Å². The summed E-state index contributed by atoms with van der Waals surface area (Å²) in [7, 11) is -3.80. The fraction of sp³-hybridized carbons (Fsp3) is 0.481. The van der Waals surface area contributed by atoms with E-state index in [0.717, 1.165) is 22.5 Å². The highest BCUT2D eigenvalue weighted by molar-refractivity contribution is 7.92. The fourth-order valence-electron chi connectivity index (χ4n) is 3.79. The first-order chi connectivity index (χ1) is 16.9. The number of nitrogens with zero attached hydrogens (tertiary/aromatic N) is 2. The van der Waals surface area contributed by atoms with Crippen molar-refractivity contribution in [1.82, 2.24) is 10.2 Å². The van der Waals surface area contributed by atoms with Gasteiger partial charge in [-0.3, -0.25) is 13.9 Å². The molecule has 9 heteroatoms. The molecule has 2 amide bonds. The number of nitrogens with one attached hydrogen (secondary N) is 1. The zero-order chi connectivity index (χ0) is 27.0. The van der Waals surface area contributed by atoms with Crippen molar-refractivity contribution >= 4 is 27.5 Å². The lowest BCUT2D eigenvalue weighted by atomic mass is 10.0. The standard InChI is InChI=1S/C27H38FN3O4S/c1-7-20(5)29-27(33)25(8-2)30(17-21-9-13-23(28)14-10-21)26(32)18-31(36(6,34)35)24-15-11-22(12-16-24)19(3)4/h9-16,19-20,25H,7-8,17-18H2,1-6H3,(H,29,33)/t20-,25+/m1/s1. The van der Waals surface area contributed by atoms with Crippen LogP contribution in [0.15, 0.2) is 48.5 Å². The van der Waals surface area contributed by atoms with Crippen molar-refractivity contribution in [2.24, 2.45) is 0 Å². The molecule has 2 aromatic carbocycles. The lowest BCUT2D eigenvalue weighted by Crippen LogP contribution is -2.53. The minimum Gasteiger partial charge on any atom is -0.352 e. The minimum absolute atomic E-state index is 0.0371. The van der Waals surface area contributed by atoms with E-state index in [1.807, 2.05) is 39.8 Å². The summed E-state index contributed by atoms with van der Waals surface area (Å²) < 4.78 is 39.9. The van der Waals surface area contributed by atoms with Crippen LogP contribution in [0, 0.1) is 5.82 Å². The molecule has 2 rings (SSSR count). The highest BCUT2D eigenvalue weighted by Crippen LogP contribution is 2.23. The van der Waals surface area contributed by atoms with Gasteiger partial charge in [-0.15, -0.1) is 0 Å². The van der Waals surface area contributed by atoms with E-state index in [4.69, 9.17) is 0 Å². The predicted octanol–water partition coefficient (Wildman–Crippen LogP) is 4.44. The van der Waals surface area contributed by atoms with Gasteiger partial charge in [0.05, 0.1) is 11.9 Å². The predicted molar refractivity (Wildman–Crippen MR) is 142 cm³/mol. The quantitative estimate of drug-likeness (QED) is 0.449. The van der Waals surface area contributed by atoms with E-state index in [0.29, 0.717) is 17.7 Å². The second kappa shape index (κ2) is 12.9. The first-order valence-electron chi connectivity index (χ1n) is 12.3. The Morgan fingerprint density at radius 1 is 0.944 bits per heavy atom. The van der Waals surface area contributed by atoms with Crippen molar-refractivity contribution in [1.29, 1.82) is 0 Å². The van der Waals surface area contributed by atoms with E-state index in [1.165, 1.54) is 17.0 Å². The van der Waals surface area contributed by atoms with Crippen molar-refractivity contribution < 1.29 is 22.4 Å². The molecule has 36 heavy (non-hydrogen) atoms. The number of sulfonamides is 1. The van der Waals surface area contributed by atoms with E-state index >= 15 is 0 Å². The van der Waals surface area contributed by atoms with Crippen LogP contribution in [0.5, 0.6) is 0 Å². The Bertz CT molecular complexity index is 1120.